The number of piperidine rings is 1. The van der Waals surface area contributed by atoms with Gasteiger partial charge in [-0.05, 0) is 37.7 Å². The number of nitrogens with two attached hydrogens (primary N) is 1. The van der Waals surface area contributed by atoms with Crippen LogP contribution in [0.1, 0.15) is 31.2 Å². The number of fused-ring (bicyclic) bond motifs is 2. The van der Waals surface area contributed by atoms with Gasteiger partial charge in [0.1, 0.15) is 0 Å². The number of carbonyl (C=O) groups is 1. The van der Waals surface area contributed by atoms with E-state index in [4.69, 9.17) is 5.73 Å². The van der Waals surface area contributed by atoms with Gasteiger partial charge < -0.3 is 15.7 Å². The van der Waals surface area contributed by atoms with Crippen LogP contribution in [0.5, 0.6) is 0 Å². The Morgan fingerprint density at radius 1 is 1.24 bits per heavy atom. The van der Waals surface area contributed by atoms with Crippen molar-refractivity contribution >= 4 is 18.3 Å². The van der Waals surface area contributed by atoms with E-state index < -0.39 is 6.04 Å². The molecule has 2 heterocycles. The first-order valence-corrected chi connectivity index (χ1v) is 7.45. The number of aliphatic hydroxyl groups is 1. The van der Waals surface area contributed by atoms with Crippen molar-refractivity contribution in [3.05, 3.63) is 35.9 Å². The van der Waals surface area contributed by atoms with Crippen LogP contribution in [0.2, 0.25) is 0 Å². The molecule has 2 unspecified atom stereocenters. The van der Waals surface area contributed by atoms with Gasteiger partial charge in [-0.2, -0.15) is 0 Å². The molecule has 3 rings (SSSR count). The van der Waals surface area contributed by atoms with Gasteiger partial charge in [-0.1, -0.05) is 30.3 Å². The van der Waals surface area contributed by atoms with Crippen LogP contribution in [0.3, 0.4) is 0 Å². The summed E-state index contributed by atoms with van der Waals surface area (Å²) < 4.78 is 0. The monoisotopic (exact) mass is 310 g/mol. The zero-order valence-corrected chi connectivity index (χ0v) is 12.8. The first kappa shape index (κ1) is 16.3. The number of amides is 1. The van der Waals surface area contributed by atoms with Crippen molar-refractivity contribution in [1.29, 1.82) is 0 Å². The molecule has 5 heteroatoms. The third-order valence-corrected chi connectivity index (χ3v) is 4.58. The number of carbonyl (C=O) groups excluding carboxylic acids is 1. The molecule has 0 aliphatic carbocycles. The van der Waals surface area contributed by atoms with Gasteiger partial charge in [0, 0.05) is 12.1 Å². The number of rotatable bonds is 3. The van der Waals surface area contributed by atoms with E-state index in [2.05, 4.69) is 0 Å². The summed E-state index contributed by atoms with van der Waals surface area (Å²) in [5, 5.41) is 9.79. The van der Waals surface area contributed by atoms with E-state index >= 15 is 0 Å². The molecular weight excluding hydrogens is 288 g/mol. The summed E-state index contributed by atoms with van der Waals surface area (Å²) in [7, 11) is 0. The second-order valence-corrected chi connectivity index (χ2v) is 6.05. The first-order chi connectivity index (χ1) is 9.65. The Labute approximate surface area is 131 Å². The van der Waals surface area contributed by atoms with Crippen molar-refractivity contribution in [3.8, 4) is 0 Å². The summed E-state index contributed by atoms with van der Waals surface area (Å²) in [6.07, 6.45) is 3.76. The molecule has 2 fully saturated rings. The minimum Gasteiger partial charge on any atom is -0.393 e. The van der Waals surface area contributed by atoms with E-state index in [-0.39, 0.29) is 36.5 Å². The molecule has 0 aromatic heterocycles. The Morgan fingerprint density at radius 3 is 2.38 bits per heavy atom. The molecule has 3 N–H and O–H groups in total. The standard InChI is InChI=1S/C16H22N2O2.ClH/c17-15(8-11-4-2-1-3-5-11)16(20)18-12-6-7-13(18)10-14(19)9-12;/h1-5,12-15,19H,6-10,17H2;1H/t12?,13?,14?,15-;/m0./s1. The van der Waals surface area contributed by atoms with Gasteiger partial charge in [-0.25, -0.2) is 0 Å². The Hall–Kier alpha value is -1.10. The zero-order valence-electron chi connectivity index (χ0n) is 12.0. The lowest BCUT2D eigenvalue weighted by atomic mass is 9.97. The third kappa shape index (κ3) is 3.39. The fourth-order valence-electron chi connectivity index (χ4n) is 3.65. The van der Waals surface area contributed by atoms with Crippen LogP contribution in [0.25, 0.3) is 0 Å². The topological polar surface area (TPSA) is 66.6 Å². The summed E-state index contributed by atoms with van der Waals surface area (Å²) in [5.41, 5.74) is 7.21. The van der Waals surface area contributed by atoms with Gasteiger partial charge in [-0.3, -0.25) is 4.79 Å². The number of aliphatic hydroxyl groups excluding tert-OH is 1. The SMILES string of the molecule is Cl.N[C@@H](Cc1ccccc1)C(=O)N1C2CCC1CC(O)C2. The number of halogens is 1. The number of hydrogen-bond acceptors (Lipinski definition) is 3. The first-order valence-electron chi connectivity index (χ1n) is 7.45. The lowest BCUT2D eigenvalue weighted by Gasteiger charge is -2.38. The predicted octanol–water partition coefficient (Wildman–Crippen LogP) is 1.49. The molecule has 0 saturated carbocycles. The van der Waals surface area contributed by atoms with Crippen molar-refractivity contribution in [1.82, 2.24) is 4.90 Å². The normalized spacial score (nSPS) is 28.9. The number of benzene rings is 1. The fraction of sp³-hybridized carbons (Fsp3) is 0.562. The molecule has 116 valence electrons. The second-order valence-electron chi connectivity index (χ2n) is 6.05. The average molecular weight is 311 g/mol. The van der Waals surface area contributed by atoms with Crippen molar-refractivity contribution in [3.63, 3.8) is 0 Å². The largest absolute Gasteiger partial charge is 0.393 e. The maximum Gasteiger partial charge on any atom is 0.240 e. The minimum absolute atomic E-state index is 0. The highest BCUT2D eigenvalue weighted by Gasteiger charge is 2.43. The third-order valence-electron chi connectivity index (χ3n) is 4.58. The van der Waals surface area contributed by atoms with Crippen LogP contribution >= 0.6 is 12.4 Å². The molecule has 2 saturated heterocycles. The van der Waals surface area contributed by atoms with Crippen LogP contribution in [0.4, 0.5) is 0 Å². The highest BCUT2D eigenvalue weighted by atomic mass is 35.5. The highest BCUT2D eigenvalue weighted by molar-refractivity contribution is 5.85. The summed E-state index contributed by atoms with van der Waals surface area (Å²) in [6.45, 7) is 0. The molecular formula is C16H23ClN2O2. The second kappa shape index (κ2) is 6.77. The van der Waals surface area contributed by atoms with Crippen molar-refractivity contribution in [2.24, 2.45) is 5.73 Å². The van der Waals surface area contributed by atoms with Crippen molar-refractivity contribution in [2.75, 3.05) is 0 Å². The van der Waals surface area contributed by atoms with Gasteiger partial charge in [-0.15, -0.1) is 12.4 Å². The fourth-order valence-corrected chi connectivity index (χ4v) is 3.65. The summed E-state index contributed by atoms with van der Waals surface area (Å²) in [5.74, 6) is 0.0493. The smallest absolute Gasteiger partial charge is 0.240 e. The molecule has 0 spiro atoms. The van der Waals surface area contributed by atoms with Crippen LogP contribution in [-0.4, -0.2) is 40.1 Å². The van der Waals surface area contributed by atoms with E-state index in [0.29, 0.717) is 19.3 Å². The van der Waals surface area contributed by atoms with Crippen LogP contribution in [-0.2, 0) is 11.2 Å². The Morgan fingerprint density at radius 2 is 1.81 bits per heavy atom. The highest BCUT2D eigenvalue weighted by Crippen LogP contribution is 2.36. The van der Waals surface area contributed by atoms with Gasteiger partial charge in [0.25, 0.3) is 0 Å². The van der Waals surface area contributed by atoms with Crippen LogP contribution < -0.4 is 5.73 Å². The number of hydrogen-bond donors (Lipinski definition) is 2. The van der Waals surface area contributed by atoms with Crippen molar-refractivity contribution in [2.45, 2.75) is 56.3 Å². The van der Waals surface area contributed by atoms with Crippen LogP contribution in [0, 0.1) is 0 Å². The summed E-state index contributed by atoms with van der Waals surface area (Å²) in [6, 6.07) is 9.81. The van der Waals surface area contributed by atoms with Gasteiger partial charge >= 0.3 is 0 Å². The maximum atomic E-state index is 12.6. The molecule has 1 aromatic rings. The lowest BCUT2D eigenvalue weighted by molar-refractivity contribution is -0.138. The summed E-state index contributed by atoms with van der Waals surface area (Å²) >= 11 is 0. The van der Waals surface area contributed by atoms with Crippen molar-refractivity contribution < 1.29 is 9.90 Å². The number of nitrogens with zero attached hydrogens (tertiary/aromatic N) is 1. The predicted molar refractivity (Wildman–Crippen MR) is 84.3 cm³/mol. The molecule has 3 atom stereocenters. The van der Waals surface area contributed by atoms with Gasteiger partial charge in [0.05, 0.1) is 12.1 Å². The zero-order chi connectivity index (χ0) is 14.1. The molecule has 2 aliphatic rings. The molecule has 0 radical (unpaired) electrons. The van der Waals surface area contributed by atoms with E-state index in [1.54, 1.807) is 0 Å². The Kier molecular flexibility index (Phi) is 5.25. The van der Waals surface area contributed by atoms with E-state index in [1.807, 2.05) is 35.2 Å². The van der Waals surface area contributed by atoms with E-state index in [9.17, 15) is 9.90 Å². The maximum absolute atomic E-state index is 12.6. The molecule has 1 aromatic carbocycles. The van der Waals surface area contributed by atoms with Crippen LogP contribution in [0.15, 0.2) is 30.3 Å². The van der Waals surface area contributed by atoms with Gasteiger partial charge in [0.15, 0.2) is 0 Å². The Balaban J connectivity index is 0.00000161. The van der Waals surface area contributed by atoms with Gasteiger partial charge in [0.2, 0.25) is 5.91 Å². The molecule has 21 heavy (non-hydrogen) atoms. The lowest BCUT2D eigenvalue weighted by Crippen LogP contribution is -2.54. The van der Waals surface area contributed by atoms with E-state index in [0.717, 1.165) is 18.4 Å². The molecule has 2 aliphatic heterocycles. The molecule has 1 amide bonds. The average Bonchev–Trinajstić information content (AvgIpc) is 2.71. The molecule has 2 bridgehead atoms. The minimum atomic E-state index is -0.476. The van der Waals surface area contributed by atoms with E-state index in [1.165, 1.54) is 0 Å². The summed E-state index contributed by atoms with van der Waals surface area (Å²) in [4.78, 5) is 14.5. The molecule has 4 nitrogen and oxygen atoms in total. The Bertz CT molecular complexity index is 468. The quantitative estimate of drug-likeness (QED) is 0.889.